The lowest BCUT2D eigenvalue weighted by atomic mass is 10.0. The fraction of sp³-hybridized carbons (Fsp3) is 0.350. The zero-order valence-corrected chi connectivity index (χ0v) is 15.8. The van der Waals surface area contributed by atoms with Crippen LogP contribution >= 0.6 is 0 Å². The minimum absolute atomic E-state index is 0.400. The average molecular weight is 358 g/mol. The molecule has 0 heterocycles. The number of nitrogens with one attached hydrogen (secondary N) is 2. The maximum absolute atomic E-state index is 12.2. The van der Waals surface area contributed by atoms with Gasteiger partial charge in [0.1, 0.15) is 17.2 Å². The summed E-state index contributed by atoms with van der Waals surface area (Å²) in [6.07, 6.45) is -0.503. The minimum atomic E-state index is -0.503. The molecular weight excluding hydrogens is 332 g/mol. The third-order valence-electron chi connectivity index (χ3n) is 3.85. The number of benzene rings is 2. The normalized spacial score (nSPS) is 11.6. The van der Waals surface area contributed by atoms with Crippen LogP contribution in [0.25, 0.3) is 0 Å². The summed E-state index contributed by atoms with van der Waals surface area (Å²) in [6.45, 7) is 6.03. The Morgan fingerprint density at radius 1 is 0.923 bits per heavy atom. The molecule has 6 heteroatoms. The number of rotatable bonds is 7. The fourth-order valence-electron chi connectivity index (χ4n) is 2.42. The lowest BCUT2D eigenvalue weighted by Crippen LogP contribution is -2.39. The topological polar surface area (TPSA) is 68.8 Å². The van der Waals surface area contributed by atoms with Gasteiger partial charge < -0.3 is 24.8 Å². The van der Waals surface area contributed by atoms with E-state index in [1.807, 2.05) is 24.3 Å². The number of carbonyl (C=O) groups excluding carboxylic acids is 1. The van der Waals surface area contributed by atoms with E-state index in [1.165, 1.54) is 12.7 Å². The zero-order valence-electron chi connectivity index (χ0n) is 15.8. The molecular formula is C20H26N2O4. The fourth-order valence-corrected chi connectivity index (χ4v) is 2.42. The van der Waals surface area contributed by atoms with Crippen LogP contribution in [0.1, 0.15) is 32.3 Å². The first-order chi connectivity index (χ1) is 12.4. The number of carbonyl (C=O) groups is 1. The van der Waals surface area contributed by atoms with Crippen molar-refractivity contribution in [3.63, 3.8) is 0 Å². The molecule has 0 aromatic heterocycles. The molecule has 26 heavy (non-hydrogen) atoms. The van der Waals surface area contributed by atoms with E-state index in [0.717, 1.165) is 0 Å². The van der Waals surface area contributed by atoms with Crippen molar-refractivity contribution in [2.75, 3.05) is 19.5 Å². The van der Waals surface area contributed by atoms with Crippen molar-refractivity contribution in [1.82, 2.24) is 5.32 Å². The zero-order chi connectivity index (χ0) is 19.1. The summed E-state index contributed by atoms with van der Waals surface area (Å²) in [6, 6.07) is 12.6. The van der Waals surface area contributed by atoms with E-state index in [2.05, 4.69) is 24.5 Å². The van der Waals surface area contributed by atoms with Gasteiger partial charge in [-0.15, -0.1) is 0 Å². The number of ether oxygens (including phenoxy) is 3. The van der Waals surface area contributed by atoms with E-state index < -0.39 is 12.3 Å². The van der Waals surface area contributed by atoms with E-state index >= 15 is 0 Å². The number of methoxy groups -OCH3 is 2. The first kappa shape index (κ1) is 19.4. The summed E-state index contributed by atoms with van der Waals surface area (Å²) in [5, 5.41) is 5.48. The van der Waals surface area contributed by atoms with Crippen LogP contribution in [0.15, 0.2) is 42.5 Å². The second kappa shape index (κ2) is 8.99. The lowest BCUT2D eigenvalue weighted by Gasteiger charge is -2.18. The second-order valence-corrected chi connectivity index (χ2v) is 6.15. The Balaban J connectivity index is 1.94. The van der Waals surface area contributed by atoms with Gasteiger partial charge in [-0.3, -0.25) is 0 Å². The summed E-state index contributed by atoms with van der Waals surface area (Å²) >= 11 is 0. The van der Waals surface area contributed by atoms with E-state index in [0.29, 0.717) is 28.9 Å². The van der Waals surface area contributed by atoms with E-state index in [9.17, 15) is 4.79 Å². The molecule has 2 N–H and O–H groups in total. The number of anilines is 1. The standard InChI is InChI=1S/C20H26N2O4/c1-13(2)15-6-8-16(9-7-15)26-14(3)21-20(23)22-18-12-17(24-4)10-11-19(18)25-5/h6-14H,1-5H3,(H2,21,22,23). The Labute approximate surface area is 154 Å². The third kappa shape index (κ3) is 5.31. The predicted octanol–water partition coefficient (Wildman–Crippen LogP) is 4.37. The molecule has 2 aromatic carbocycles. The van der Waals surface area contributed by atoms with Gasteiger partial charge in [0.15, 0.2) is 6.23 Å². The van der Waals surface area contributed by atoms with Gasteiger partial charge in [0, 0.05) is 6.07 Å². The summed E-state index contributed by atoms with van der Waals surface area (Å²) in [4.78, 5) is 12.2. The number of hydrogen-bond donors (Lipinski definition) is 2. The summed E-state index contributed by atoms with van der Waals surface area (Å²) in [5.41, 5.74) is 1.75. The molecule has 0 aliphatic carbocycles. The highest BCUT2D eigenvalue weighted by molar-refractivity contribution is 5.91. The first-order valence-corrected chi connectivity index (χ1v) is 8.49. The van der Waals surface area contributed by atoms with E-state index in [4.69, 9.17) is 14.2 Å². The highest BCUT2D eigenvalue weighted by atomic mass is 16.5. The molecule has 2 amide bonds. The van der Waals surface area contributed by atoms with Gasteiger partial charge in [-0.25, -0.2) is 4.79 Å². The molecule has 0 aliphatic heterocycles. The van der Waals surface area contributed by atoms with E-state index in [-0.39, 0.29) is 0 Å². The minimum Gasteiger partial charge on any atom is -0.497 e. The lowest BCUT2D eigenvalue weighted by molar-refractivity contribution is 0.183. The molecule has 1 atom stereocenters. The molecule has 1 unspecified atom stereocenters. The molecule has 2 aromatic rings. The van der Waals surface area contributed by atoms with Crippen LogP contribution < -0.4 is 24.8 Å². The molecule has 6 nitrogen and oxygen atoms in total. The van der Waals surface area contributed by atoms with Gasteiger partial charge in [-0.05, 0) is 42.7 Å². The highest BCUT2D eigenvalue weighted by Gasteiger charge is 2.12. The van der Waals surface area contributed by atoms with Gasteiger partial charge in [0.2, 0.25) is 0 Å². The number of hydrogen-bond acceptors (Lipinski definition) is 4. The second-order valence-electron chi connectivity index (χ2n) is 6.15. The van der Waals surface area contributed by atoms with E-state index in [1.54, 1.807) is 32.2 Å². The highest BCUT2D eigenvalue weighted by Crippen LogP contribution is 2.28. The van der Waals surface area contributed by atoms with Crippen molar-refractivity contribution < 1.29 is 19.0 Å². The molecule has 0 aliphatic rings. The molecule has 0 saturated heterocycles. The van der Waals surface area contributed by atoms with Crippen LogP contribution in [0.4, 0.5) is 10.5 Å². The van der Waals surface area contributed by atoms with Crippen LogP contribution in [0.3, 0.4) is 0 Å². The van der Waals surface area contributed by atoms with Crippen LogP contribution in [0.5, 0.6) is 17.2 Å². The maximum Gasteiger partial charge on any atom is 0.322 e. The molecule has 0 saturated carbocycles. The molecule has 0 fully saturated rings. The number of amides is 2. The SMILES string of the molecule is COc1ccc(OC)c(NC(=O)NC(C)Oc2ccc(C(C)C)cc2)c1. The Kier molecular flexibility index (Phi) is 6.72. The Morgan fingerprint density at radius 3 is 2.15 bits per heavy atom. The smallest absolute Gasteiger partial charge is 0.322 e. The van der Waals surface area contributed by atoms with Gasteiger partial charge in [0.05, 0.1) is 19.9 Å². The van der Waals surface area contributed by atoms with Gasteiger partial charge >= 0.3 is 6.03 Å². The Hall–Kier alpha value is -2.89. The molecule has 0 radical (unpaired) electrons. The molecule has 2 rings (SSSR count). The first-order valence-electron chi connectivity index (χ1n) is 8.49. The number of urea groups is 1. The maximum atomic E-state index is 12.2. The molecule has 140 valence electrons. The van der Waals surface area contributed by atoms with Crippen molar-refractivity contribution in [2.24, 2.45) is 0 Å². The van der Waals surface area contributed by atoms with Crippen LogP contribution in [-0.4, -0.2) is 26.5 Å². The van der Waals surface area contributed by atoms with Crippen LogP contribution in [0.2, 0.25) is 0 Å². The molecule has 0 bridgehead atoms. The van der Waals surface area contributed by atoms with Crippen molar-refractivity contribution in [3.8, 4) is 17.2 Å². The monoisotopic (exact) mass is 358 g/mol. The summed E-state index contributed by atoms with van der Waals surface area (Å²) in [5.74, 6) is 2.32. The van der Waals surface area contributed by atoms with Crippen molar-refractivity contribution in [2.45, 2.75) is 32.9 Å². The van der Waals surface area contributed by atoms with Crippen molar-refractivity contribution in [3.05, 3.63) is 48.0 Å². The average Bonchev–Trinajstić information content (AvgIpc) is 2.61. The Morgan fingerprint density at radius 2 is 1.58 bits per heavy atom. The van der Waals surface area contributed by atoms with Gasteiger partial charge in [-0.2, -0.15) is 0 Å². The van der Waals surface area contributed by atoms with Crippen molar-refractivity contribution >= 4 is 11.7 Å². The van der Waals surface area contributed by atoms with Crippen LogP contribution in [-0.2, 0) is 0 Å². The molecule has 0 spiro atoms. The summed E-state index contributed by atoms with van der Waals surface area (Å²) < 4.78 is 16.1. The Bertz CT molecular complexity index is 729. The quantitative estimate of drug-likeness (QED) is 0.721. The largest absolute Gasteiger partial charge is 0.497 e. The van der Waals surface area contributed by atoms with Gasteiger partial charge in [0.25, 0.3) is 0 Å². The van der Waals surface area contributed by atoms with Crippen LogP contribution in [0, 0.1) is 0 Å². The summed E-state index contributed by atoms with van der Waals surface area (Å²) in [7, 11) is 3.10. The third-order valence-corrected chi connectivity index (χ3v) is 3.85. The predicted molar refractivity (Wildman–Crippen MR) is 102 cm³/mol. The van der Waals surface area contributed by atoms with Crippen molar-refractivity contribution in [1.29, 1.82) is 0 Å². The van der Waals surface area contributed by atoms with Gasteiger partial charge in [-0.1, -0.05) is 26.0 Å².